The normalized spacial score (nSPS) is 10.8. The summed E-state index contributed by atoms with van der Waals surface area (Å²) in [6.45, 7) is 3.26. The van der Waals surface area contributed by atoms with Gasteiger partial charge in [-0.25, -0.2) is 14.5 Å². The zero-order valence-corrected chi connectivity index (χ0v) is 14.5. The van der Waals surface area contributed by atoms with Crippen LogP contribution in [0.5, 0.6) is 0 Å². The minimum absolute atomic E-state index is 0.362. The van der Waals surface area contributed by atoms with Crippen LogP contribution in [-0.4, -0.2) is 28.1 Å². The summed E-state index contributed by atoms with van der Waals surface area (Å²) < 4.78 is 5.90. The largest absolute Gasteiger partial charge is 0.452 e. The first-order chi connectivity index (χ1) is 11.5. The van der Waals surface area contributed by atoms with Gasteiger partial charge in [-0.15, -0.1) is 11.3 Å². The van der Waals surface area contributed by atoms with E-state index in [2.05, 4.69) is 10.4 Å². The molecule has 0 atom stereocenters. The number of esters is 1. The lowest BCUT2D eigenvalue weighted by atomic mass is 10.2. The van der Waals surface area contributed by atoms with Crippen molar-refractivity contribution in [2.24, 2.45) is 0 Å². The molecule has 3 heterocycles. The number of rotatable bonds is 4. The molecule has 0 aliphatic rings. The van der Waals surface area contributed by atoms with Gasteiger partial charge in [-0.1, -0.05) is 0 Å². The molecule has 1 amide bonds. The smallest absolute Gasteiger partial charge is 0.339 e. The number of hydrogen-bond donors (Lipinski definition) is 1. The highest BCUT2D eigenvalue weighted by Gasteiger charge is 2.14. The number of carbonyl (C=O) groups excluding carboxylic acids is 2. The number of fused-ring (bicyclic) bond motifs is 1. The molecule has 3 aromatic rings. The highest BCUT2D eigenvalue weighted by Crippen LogP contribution is 2.25. The van der Waals surface area contributed by atoms with E-state index < -0.39 is 18.5 Å². The van der Waals surface area contributed by atoms with Crippen LogP contribution in [0.3, 0.4) is 0 Å². The van der Waals surface area contributed by atoms with Gasteiger partial charge in [-0.05, 0) is 30.9 Å². The van der Waals surface area contributed by atoms with Gasteiger partial charge >= 0.3 is 5.97 Å². The van der Waals surface area contributed by atoms with Crippen molar-refractivity contribution < 1.29 is 14.3 Å². The van der Waals surface area contributed by atoms with Gasteiger partial charge in [0.2, 0.25) is 0 Å². The van der Waals surface area contributed by atoms with Gasteiger partial charge < -0.3 is 4.74 Å². The zero-order valence-electron chi connectivity index (χ0n) is 12.9. The molecule has 0 unspecified atom stereocenters. The SMILES string of the molecule is Cc1sc2ncn(NC(=O)COC(=O)c3ccsc3)c(=O)c2c1C. The predicted octanol–water partition coefficient (Wildman–Crippen LogP) is 2.06. The van der Waals surface area contributed by atoms with Crippen LogP contribution in [0.15, 0.2) is 27.9 Å². The maximum atomic E-state index is 12.4. The Labute approximate surface area is 144 Å². The fourth-order valence-electron chi connectivity index (χ4n) is 2.08. The van der Waals surface area contributed by atoms with Crippen LogP contribution in [-0.2, 0) is 9.53 Å². The van der Waals surface area contributed by atoms with Gasteiger partial charge in [0.15, 0.2) is 6.61 Å². The van der Waals surface area contributed by atoms with Gasteiger partial charge in [-0.2, -0.15) is 11.3 Å². The maximum Gasteiger partial charge on any atom is 0.339 e. The molecule has 3 rings (SSSR count). The van der Waals surface area contributed by atoms with E-state index in [1.807, 2.05) is 13.8 Å². The number of hydrogen-bond acceptors (Lipinski definition) is 7. The Morgan fingerprint density at radius 1 is 1.38 bits per heavy atom. The first kappa shape index (κ1) is 16.3. The molecule has 0 aliphatic heterocycles. The van der Waals surface area contributed by atoms with Crippen LogP contribution in [0.4, 0.5) is 0 Å². The predicted molar refractivity (Wildman–Crippen MR) is 92.3 cm³/mol. The van der Waals surface area contributed by atoms with Gasteiger partial charge in [0.25, 0.3) is 11.5 Å². The van der Waals surface area contributed by atoms with E-state index in [0.29, 0.717) is 15.8 Å². The molecule has 124 valence electrons. The van der Waals surface area contributed by atoms with Crippen molar-refractivity contribution in [3.8, 4) is 0 Å². The summed E-state index contributed by atoms with van der Waals surface area (Å²) in [5, 5.41) is 3.85. The van der Waals surface area contributed by atoms with Gasteiger partial charge in [0.1, 0.15) is 11.2 Å². The molecule has 0 fully saturated rings. The van der Waals surface area contributed by atoms with Crippen molar-refractivity contribution in [1.82, 2.24) is 9.66 Å². The lowest BCUT2D eigenvalue weighted by Gasteiger charge is -2.08. The molecule has 3 aromatic heterocycles. The summed E-state index contributed by atoms with van der Waals surface area (Å²) >= 11 is 2.78. The number of aromatic nitrogens is 2. The Balaban J connectivity index is 1.72. The topological polar surface area (TPSA) is 90.3 Å². The van der Waals surface area contributed by atoms with Crippen molar-refractivity contribution >= 4 is 44.8 Å². The Morgan fingerprint density at radius 3 is 2.88 bits per heavy atom. The summed E-state index contributed by atoms with van der Waals surface area (Å²) in [4.78, 5) is 41.8. The second-order valence-electron chi connectivity index (χ2n) is 5.01. The fraction of sp³-hybridized carbons (Fsp3) is 0.200. The van der Waals surface area contributed by atoms with Crippen molar-refractivity contribution in [3.05, 3.63) is 49.5 Å². The molecular formula is C15H13N3O4S2. The summed E-state index contributed by atoms with van der Waals surface area (Å²) in [6.07, 6.45) is 1.25. The summed E-state index contributed by atoms with van der Waals surface area (Å²) in [6, 6.07) is 1.61. The molecule has 0 saturated heterocycles. The Bertz CT molecular complexity index is 973. The monoisotopic (exact) mass is 363 g/mol. The Hall–Kier alpha value is -2.52. The average Bonchev–Trinajstić information content (AvgIpc) is 3.18. The molecule has 1 N–H and O–H groups in total. The molecule has 0 aliphatic carbocycles. The van der Waals surface area contributed by atoms with E-state index in [1.54, 1.807) is 16.8 Å². The first-order valence-electron chi connectivity index (χ1n) is 6.94. The fourth-order valence-corrected chi connectivity index (χ4v) is 3.69. The van der Waals surface area contributed by atoms with Crippen molar-refractivity contribution in [2.45, 2.75) is 13.8 Å². The summed E-state index contributed by atoms with van der Waals surface area (Å²) in [5.41, 5.74) is 3.24. The van der Waals surface area contributed by atoms with Gasteiger partial charge in [0, 0.05) is 10.3 Å². The standard InChI is InChI=1S/C15H13N3O4S2/c1-8-9(2)24-13-12(8)14(20)18(7-16-13)17-11(19)5-22-15(21)10-3-4-23-6-10/h3-4,6-7H,5H2,1-2H3,(H,17,19). The maximum absolute atomic E-state index is 12.4. The van der Waals surface area contributed by atoms with E-state index in [1.165, 1.54) is 29.0 Å². The lowest BCUT2D eigenvalue weighted by molar-refractivity contribution is -0.120. The van der Waals surface area contributed by atoms with Crippen molar-refractivity contribution in [2.75, 3.05) is 12.0 Å². The molecule has 9 heteroatoms. The molecule has 0 bridgehead atoms. The molecule has 0 aromatic carbocycles. The van der Waals surface area contributed by atoms with Crippen LogP contribution in [0.25, 0.3) is 10.2 Å². The minimum Gasteiger partial charge on any atom is -0.452 e. The average molecular weight is 363 g/mol. The number of amides is 1. The number of nitrogens with zero attached hydrogens (tertiary/aromatic N) is 2. The molecular weight excluding hydrogens is 350 g/mol. The zero-order chi connectivity index (χ0) is 17.3. The molecule has 0 spiro atoms. The minimum atomic E-state index is -0.619. The number of aryl methyl sites for hydroxylation is 2. The highest BCUT2D eigenvalue weighted by atomic mass is 32.1. The summed E-state index contributed by atoms with van der Waals surface area (Å²) in [7, 11) is 0. The first-order valence-corrected chi connectivity index (χ1v) is 8.70. The number of carbonyl (C=O) groups is 2. The number of nitrogens with one attached hydrogen (secondary N) is 1. The van der Waals surface area contributed by atoms with Crippen LogP contribution in [0, 0.1) is 13.8 Å². The van der Waals surface area contributed by atoms with Crippen LogP contribution >= 0.6 is 22.7 Å². The third-order valence-corrected chi connectivity index (χ3v) is 5.22. The molecule has 24 heavy (non-hydrogen) atoms. The highest BCUT2D eigenvalue weighted by molar-refractivity contribution is 7.18. The second-order valence-corrected chi connectivity index (χ2v) is 6.99. The van der Waals surface area contributed by atoms with E-state index in [0.717, 1.165) is 15.1 Å². The van der Waals surface area contributed by atoms with E-state index >= 15 is 0 Å². The quantitative estimate of drug-likeness (QED) is 0.717. The third-order valence-electron chi connectivity index (χ3n) is 3.43. The Morgan fingerprint density at radius 2 is 2.17 bits per heavy atom. The number of thiophene rings is 2. The van der Waals surface area contributed by atoms with Gasteiger partial charge in [0.05, 0.1) is 10.9 Å². The van der Waals surface area contributed by atoms with E-state index in [-0.39, 0.29) is 5.56 Å². The van der Waals surface area contributed by atoms with E-state index in [4.69, 9.17) is 4.74 Å². The number of ether oxygens (including phenoxy) is 1. The van der Waals surface area contributed by atoms with Crippen molar-refractivity contribution in [1.29, 1.82) is 0 Å². The van der Waals surface area contributed by atoms with Crippen LogP contribution in [0.1, 0.15) is 20.8 Å². The van der Waals surface area contributed by atoms with E-state index in [9.17, 15) is 14.4 Å². The lowest BCUT2D eigenvalue weighted by Crippen LogP contribution is -2.35. The third kappa shape index (κ3) is 3.08. The molecule has 7 nitrogen and oxygen atoms in total. The van der Waals surface area contributed by atoms with Crippen molar-refractivity contribution in [3.63, 3.8) is 0 Å². The molecule has 0 radical (unpaired) electrons. The second kappa shape index (κ2) is 6.54. The Kier molecular flexibility index (Phi) is 4.45. The van der Waals surface area contributed by atoms with Crippen LogP contribution < -0.4 is 11.0 Å². The summed E-state index contributed by atoms with van der Waals surface area (Å²) in [5.74, 6) is -1.21. The molecule has 0 saturated carbocycles. The van der Waals surface area contributed by atoms with Crippen LogP contribution in [0.2, 0.25) is 0 Å². The van der Waals surface area contributed by atoms with Gasteiger partial charge in [-0.3, -0.25) is 15.0 Å².